The molecule has 1 aromatic rings. The van der Waals surface area contributed by atoms with Crippen LogP contribution in [-0.4, -0.2) is 20.2 Å². The van der Waals surface area contributed by atoms with Crippen molar-refractivity contribution >= 4 is 5.69 Å². The molecular formula is C14H23NO. The topological polar surface area (TPSA) is 12.5 Å². The lowest BCUT2D eigenvalue weighted by Gasteiger charge is -2.28. The van der Waals surface area contributed by atoms with Crippen molar-refractivity contribution in [2.45, 2.75) is 33.6 Å². The van der Waals surface area contributed by atoms with Crippen molar-refractivity contribution in [1.29, 1.82) is 0 Å². The summed E-state index contributed by atoms with van der Waals surface area (Å²) in [4.78, 5) is 2.25. The second kappa shape index (κ2) is 5.78. The summed E-state index contributed by atoms with van der Waals surface area (Å²) in [5.41, 5.74) is 2.60. The summed E-state index contributed by atoms with van der Waals surface area (Å²) in [6.45, 7) is 10.2. The summed E-state index contributed by atoms with van der Waals surface area (Å²) in [5.74, 6) is 1.60. The molecule has 0 atom stereocenters. The van der Waals surface area contributed by atoms with Crippen LogP contribution in [0, 0.1) is 0 Å². The minimum absolute atomic E-state index is 0.579. The van der Waals surface area contributed by atoms with Crippen LogP contribution in [0.15, 0.2) is 18.2 Å². The van der Waals surface area contributed by atoms with Gasteiger partial charge in [0.05, 0.1) is 12.2 Å². The largest absolute Gasteiger partial charge is 0.490 e. The van der Waals surface area contributed by atoms with Gasteiger partial charge in [0.2, 0.25) is 0 Å². The molecule has 2 rings (SSSR count). The molecule has 1 aliphatic heterocycles. The maximum absolute atomic E-state index is 5.59. The molecule has 0 radical (unpaired) electrons. The summed E-state index contributed by atoms with van der Waals surface area (Å²) < 4.78 is 5.59. The quantitative estimate of drug-likeness (QED) is 0.717. The van der Waals surface area contributed by atoms with Crippen molar-refractivity contribution in [1.82, 2.24) is 0 Å². The second-order valence-electron chi connectivity index (χ2n) is 4.15. The highest BCUT2D eigenvalue weighted by Crippen LogP contribution is 2.33. The van der Waals surface area contributed by atoms with Gasteiger partial charge >= 0.3 is 0 Å². The van der Waals surface area contributed by atoms with E-state index in [0.29, 0.717) is 5.92 Å². The first-order valence-electron chi connectivity index (χ1n) is 6.16. The highest BCUT2D eigenvalue weighted by atomic mass is 16.5. The molecule has 90 valence electrons. The fourth-order valence-electron chi connectivity index (χ4n) is 1.73. The third kappa shape index (κ3) is 2.69. The van der Waals surface area contributed by atoms with Crippen molar-refractivity contribution in [3.8, 4) is 5.75 Å². The van der Waals surface area contributed by atoms with Crippen LogP contribution < -0.4 is 9.64 Å². The van der Waals surface area contributed by atoms with Gasteiger partial charge in [-0.3, -0.25) is 0 Å². The highest BCUT2D eigenvalue weighted by molar-refractivity contribution is 5.61. The molecular weight excluding hydrogens is 198 g/mol. The predicted octanol–water partition coefficient (Wildman–Crippen LogP) is 3.66. The standard InChI is InChI=1S/C12H17NO.C2H6/c1-9(2)10-4-5-12-11(8-10)13(3)6-7-14-12;1-2/h4-5,8-9H,6-7H2,1-3H3;1-2H3. The van der Waals surface area contributed by atoms with Gasteiger partial charge in [-0.05, 0) is 23.6 Å². The van der Waals surface area contributed by atoms with Gasteiger partial charge < -0.3 is 9.64 Å². The van der Waals surface area contributed by atoms with E-state index >= 15 is 0 Å². The number of benzene rings is 1. The Balaban J connectivity index is 0.000000606. The van der Waals surface area contributed by atoms with E-state index in [9.17, 15) is 0 Å². The summed E-state index contributed by atoms with van der Waals surface area (Å²) in [6, 6.07) is 6.47. The highest BCUT2D eigenvalue weighted by Gasteiger charge is 2.15. The zero-order chi connectivity index (χ0) is 12.1. The van der Waals surface area contributed by atoms with Crippen molar-refractivity contribution in [2.75, 3.05) is 25.1 Å². The fraction of sp³-hybridized carbons (Fsp3) is 0.571. The maximum Gasteiger partial charge on any atom is 0.142 e. The number of hydrogen-bond donors (Lipinski definition) is 0. The molecule has 0 N–H and O–H groups in total. The van der Waals surface area contributed by atoms with Gasteiger partial charge in [-0.25, -0.2) is 0 Å². The molecule has 1 aromatic carbocycles. The molecule has 16 heavy (non-hydrogen) atoms. The molecule has 2 nitrogen and oxygen atoms in total. The zero-order valence-corrected chi connectivity index (χ0v) is 11.1. The fourth-order valence-corrected chi connectivity index (χ4v) is 1.73. The number of rotatable bonds is 1. The number of nitrogens with zero attached hydrogens (tertiary/aromatic N) is 1. The third-order valence-electron chi connectivity index (χ3n) is 2.75. The maximum atomic E-state index is 5.59. The number of fused-ring (bicyclic) bond motifs is 1. The van der Waals surface area contributed by atoms with Crippen LogP contribution >= 0.6 is 0 Å². The van der Waals surface area contributed by atoms with Crippen molar-refractivity contribution in [2.24, 2.45) is 0 Å². The zero-order valence-electron chi connectivity index (χ0n) is 11.1. The lowest BCUT2D eigenvalue weighted by atomic mass is 10.0. The normalized spacial score (nSPS) is 13.8. The van der Waals surface area contributed by atoms with Crippen LogP contribution in [0.3, 0.4) is 0 Å². The van der Waals surface area contributed by atoms with Gasteiger partial charge in [-0.2, -0.15) is 0 Å². The van der Waals surface area contributed by atoms with Gasteiger partial charge in [0.15, 0.2) is 0 Å². The van der Waals surface area contributed by atoms with E-state index in [1.165, 1.54) is 11.3 Å². The molecule has 0 spiro atoms. The van der Waals surface area contributed by atoms with Gasteiger partial charge in [0.1, 0.15) is 12.4 Å². The summed E-state index contributed by atoms with van der Waals surface area (Å²) in [5, 5.41) is 0. The van der Waals surface area contributed by atoms with E-state index in [4.69, 9.17) is 4.74 Å². The number of hydrogen-bond acceptors (Lipinski definition) is 2. The summed E-state index contributed by atoms with van der Waals surface area (Å²) in [6.07, 6.45) is 0. The van der Waals surface area contributed by atoms with Crippen LogP contribution in [0.1, 0.15) is 39.2 Å². The second-order valence-corrected chi connectivity index (χ2v) is 4.15. The number of anilines is 1. The Morgan fingerprint density at radius 2 is 1.94 bits per heavy atom. The van der Waals surface area contributed by atoms with Gasteiger partial charge in [0.25, 0.3) is 0 Å². The SMILES string of the molecule is CC.CC(C)c1ccc2c(c1)N(C)CCO2. The minimum Gasteiger partial charge on any atom is -0.490 e. The first-order chi connectivity index (χ1) is 7.68. The van der Waals surface area contributed by atoms with Gasteiger partial charge in [-0.15, -0.1) is 0 Å². The van der Waals surface area contributed by atoms with E-state index in [1.54, 1.807) is 0 Å². The van der Waals surface area contributed by atoms with E-state index in [1.807, 2.05) is 13.8 Å². The molecule has 2 heteroatoms. The molecule has 0 aliphatic carbocycles. The molecule has 1 aliphatic rings. The number of ether oxygens (including phenoxy) is 1. The van der Waals surface area contributed by atoms with E-state index in [-0.39, 0.29) is 0 Å². The average molecular weight is 221 g/mol. The molecule has 0 saturated heterocycles. The molecule has 1 heterocycles. The molecule has 0 unspecified atom stereocenters. The van der Waals surface area contributed by atoms with Crippen LogP contribution in [0.4, 0.5) is 5.69 Å². The summed E-state index contributed by atoms with van der Waals surface area (Å²) >= 11 is 0. The van der Waals surface area contributed by atoms with E-state index in [2.05, 4.69) is 44.0 Å². The smallest absolute Gasteiger partial charge is 0.142 e. The third-order valence-corrected chi connectivity index (χ3v) is 2.75. The van der Waals surface area contributed by atoms with Crippen molar-refractivity contribution in [3.05, 3.63) is 23.8 Å². The molecule has 0 amide bonds. The Labute approximate surface area is 99.2 Å². The van der Waals surface area contributed by atoms with Crippen LogP contribution in [-0.2, 0) is 0 Å². The molecule has 0 aromatic heterocycles. The average Bonchev–Trinajstić information content (AvgIpc) is 2.32. The predicted molar refractivity (Wildman–Crippen MR) is 70.6 cm³/mol. The van der Waals surface area contributed by atoms with E-state index < -0.39 is 0 Å². The van der Waals surface area contributed by atoms with Crippen molar-refractivity contribution < 1.29 is 4.74 Å². The van der Waals surface area contributed by atoms with Crippen LogP contribution in [0.2, 0.25) is 0 Å². The first-order valence-corrected chi connectivity index (χ1v) is 6.16. The molecule has 0 saturated carbocycles. The van der Waals surface area contributed by atoms with E-state index in [0.717, 1.165) is 18.9 Å². The Morgan fingerprint density at radius 3 is 2.56 bits per heavy atom. The summed E-state index contributed by atoms with van der Waals surface area (Å²) in [7, 11) is 2.12. The Kier molecular flexibility index (Phi) is 4.66. The molecule has 0 bridgehead atoms. The van der Waals surface area contributed by atoms with Crippen LogP contribution in [0.5, 0.6) is 5.75 Å². The Bertz CT molecular complexity index is 334. The lowest BCUT2D eigenvalue weighted by Crippen LogP contribution is -2.28. The monoisotopic (exact) mass is 221 g/mol. The first kappa shape index (κ1) is 12.9. The molecule has 0 fully saturated rings. The minimum atomic E-state index is 0.579. The Morgan fingerprint density at radius 1 is 1.25 bits per heavy atom. The van der Waals surface area contributed by atoms with Gasteiger partial charge in [0, 0.05) is 7.05 Å². The van der Waals surface area contributed by atoms with Crippen molar-refractivity contribution in [3.63, 3.8) is 0 Å². The van der Waals surface area contributed by atoms with Crippen LogP contribution in [0.25, 0.3) is 0 Å². The van der Waals surface area contributed by atoms with Gasteiger partial charge in [-0.1, -0.05) is 33.8 Å². The Hall–Kier alpha value is -1.18. The lowest BCUT2D eigenvalue weighted by molar-refractivity contribution is 0.311. The number of likely N-dealkylation sites (N-methyl/N-ethyl adjacent to an activating group) is 1.